The van der Waals surface area contributed by atoms with Gasteiger partial charge < -0.3 is 18.9 Å². The van der Waals surface area contributed by atoms with Gasteiger partial charge in [0.2, 0.25) is 0 Å². The van der Waals surface area contributed by atoms with Crippen LogP contribution < -0.4 is 0 Å². The molecule has 0 spiro atoms. The van der Waals surface area contributed by atoms with Crippen molar-refractivity contribution in [2.75, 3.05) is 47.5 Å². The van der Waals surface area contributed by atoms with Gasteiger partial charge in [0, 0.05) is 12.8 Å². The summed E-state index contributed by atoms with van der Waals surface area (Å²) in [4.78, 5) is 35.0. The third-order valence-corrected chi connectivity index (χ3v) is 8.79. The van der Waals surface area contributed by atoms with Crippen LogP contribution in [0.2, 0.25) is 0 Å². The highest BCUT2D eigenvalue weighted by Crippen LogP contribution is 2.43. The van der Waals surface area contributed by atoms with Gasteiger partial charge in [-0.2, -0.15) is 0 Å². The lowest BCUT2D eigenvalue weighted by atomic mass is 10.0. The van der Waals surface area contributed by atoms with E-state index in [-0.39, 0.29) is 25.6 Å². The van der Waals surface area contributed by atoms with Gasteiger partial charge in [-0.15, -0.1) is 0 Å². The van der Waals surface area contributed by atoms with Gasteiger partial charge in [0.05, 0.1) is 27.7 Å². The van der Waals surface area contributed by atoms with E-state index in [0.717, 1.165) is 57.8 Å². The molecular weight excluding hydrogens is 605 g/mol. The first kappa shape index (κ1) is 44.8. The van der Waals surface area contributed by atoms with Crippen molar-refractivity contribution in [3.63, 3.8) is 0 Å². The first-order valence-corrected chi connectivity index (χ1v) is 19.9. The summed E-state index contributed by atoms with van der Waals surface area (Å²) in [6.45, 7) is 4.29. The largest absolute Gasteiger partial charge is 0.472 e. The van der Waals surface area contributed by atoms with Gasteiger partial charge in [0.25, 0.3) is 0 Å². The maximum atomic E-state index is 12.5. The number of esters is 2. The standard InChI is InChI=1S/C36H70NO8P/c1-6-8-10-12-14-16-17-18-19-21-22-24-26-28-35(38)42-32-34(33-44-46(40,41)43-31-30-37(3,4)5)45-36(39)29-27-25-23-20-15-13-11-9-7-2/h9,11,34H,6-8,10,12-33H2,1-5H3/p+1/b11-9+/t34-/m0/s1. The first-order valence-electron chi connectivity index (χ1n) is 18.4. The van der Waals surface area contributed by atoms with Crippen LogP contribution in [0.1, 0.15) is 155 Å². The third kappa shape index (κ3) is 32.7. The Bertz CT molecular complexity index is 814. The molecule has 0 saturated carbocycles. The minimum Gasteiger partial charge on any atom is -0.462 e. The number of nitrogens with zero attached hydrogens (tertiary/aromatic N) is 1. The number of carbonyl (C=O) groups excluding carboxylic acids is 2. The number of unbranched alkanes of at least 4 members (excludes halogenated alkanes) is 17. The molecule has 0 aromatic rings. The Hall–Kier alpha value is -1.25. The fraction of sp³-hybridized carbons (Fsp3) is 0.889. The number of hydrogen-bond acceptors (Lipinski definition) is 7. The van der Waals surface area contributed by atoms with Crippen LogP contribution in [-0.2, 0) is 32.7 Å². The van der Waals surface area contributed by atoms with Crippen LogP contribution in [0.5, 0.6) is 0 Å². The first-order chi connectivity index (χ1) is 22.0. The molecule has 46 heavy (non-hydrogen) atoms. The zero-order valence-electron chi connectivity index (χ0n) is 30.3. The van der Waals surface area contributed by atoms with Gasteiger partial charge in [0.15, 0.2) is 6.10 Å². The van der Waals surface area contributed by atoms with E-state index in [0.29, 0.717) is 23.9 Å². The molecule has 0 amide bonds. The lowest BCUT2D eigenvalue weighted by Crippen LogP contribution is -2.37. The molecule has 0 aromatic carbocycles. The highest BCUT2D eigenvalue weighted by Gasteiger charge is 2.27. The lowest BCUT2D eigenvalue weighted by Gasteiger charge is -2.24. The number of quaternary nitrogens is 1. The van der Waals surface area contributed by atoms with E-state index in [1.54, 1.807) is 0 Å². The Morgan fingerprint density at radius 2 is 1.17 bits per heavy atom. The van der Waals surface area contributed by atoms with Gasteiger partial charge in [-0.25, -0.2) is 4.57 Å². The Labute approximate surface area is 282 Å². The number of phosphoric ester groups is 1. The van der Waals surface area contributed by atoms with Crippen molar-refractivity contribution in [1.82, 2.24) is 0 Å². The van der Waals surface area contributed by atoms with Gasteiger partial charge in [-0.1, -0.05) is 122 Å². The van der Waals surface area contributed by atoms with E-state index in [2.05, 4.69) is 26.0 Å². The second kappa shape index (κ2) is 29.9. The predicted molar refractivity (Wildman–Crippen MR) is 188 cm³/mol. The summed E-state index contributed by atoms with van der Waals surface area (Å²) < 4.78 is 34.0. The van der Waals surface area contributed by atoms with E-state index >= 15 is 0 Å². The molecule has 2 atom stereocenters. The van der Waals surface area contributed by atoms with E-state index in [1.807, 2.05) is 21.1 Å². The van der Waals surface area contributed by atoms with Gasteiger partial charge in [0.1, 0.15) is 19.8 Å². The quantitative estimate of drug-likeness (QED) is 0.0241. The number of rotatable bonds is 33. The molecule has 10 heteroatoms. The van der Waals surface area contributed by atoms with E-state index in [9.17, 15) is 19.0 Å². The Morgan fingerprint density at radius 1 is 0.674 bits per heavy atom. The molecule has 0 rings (SSSR count). The van der Waals surface area contributed by atoms with Crippen molar-refractivity contribution in [1.29, 1.82) is 0 Å². The van der Waals surface area contributed by atoms with E-state index < -0.39 is 26.5 Å². The summed E-state index contributed by atoms with van der Waals surface area (Å²) in [6, 6.07) is 0. The van der Waals surface area contributed by atoms with Crippen LogP contribution in [0.3, 0.4) is 0 Å². The van der Waals surface area contributed by atoms with Crippen LogP contribution in [-0.4, -0.2) is 74.9 Å². The second-order valence-corrected chi connectivity index (χ2v) is 15.0. The molecule has 9 nitrogen and oxygen atoms in total. The molecule has 0 aromatic heterocycles. The molecule has 1 N–H and O–H groups in total. The van der Waals surface area contributed by atoms with Crippen LogP contribution in [0, 0.1) is 0 Å². The van der Waals surface area contributed by atoms with E-state index in [1.165, 1.54) is 64.2 Å². The molecule has 272 valence electrons. The molecule has 0 saturated heterocycles. The molecule has 0 heterocycles. The average molecular weight is 677 g/mol. The SMILES string of the molecule is CC/C=C/CCCCCCCC(=O)O[C@@H](COC(=O)CCCCCCCCCCCCCCC)COP(=O)(O)OCC[N+](C)(C)C. The molecule has 0 aliphatic rings. The molecule has 0 aliphatic carbocycles. The number of carbonyl (C=O) groups is 2. The number of likely N-dealkylation sites (N-methyl/N-ethyl adjacent to an activating group) is 1. The molecular formula is C36H71NO8P+. The summed E-state index contributed by atoms with van der Waals surface area (Å²) in [5, 5.41) is 0. The topological polar surface area (TPSA) is 108 Å². The second-order valence-electron chi connectivity index (χ2n) is 13.6. The van der Waals surface area contributed by atoms with Crippen LogP contribution in [0.15, 0.2) is 12.2 Å². The number of hydrogen-bond donors (Lipinski definition) is 1. The Morgan fingerprint density at radius 3 is 1.70 bits per heavy atom. The summed E-state index contributed by atoms with van der Waals surface area (Å²) in [5.74, 6) is -0.810. The fourth-order valence-electron chi connectivity index (χ4n) is 4.90. The third-order valence-electron chi connectivity index (χ3n) is 7.81. The number of phosphoric acid groups is 1. The summed E-state index contributed by atoms with van der Waals surface area (Å²) >= 11 is 0. The van der Waals surface area contributed by atoms with Crippen molar-refractivity contribution in [3.05, 3.63) is 12.2 Å². The average Bonchev–Trinajstić information content (AvgIpc) is 2.99. The maximum Gasteiger partial charge on any atom is 0.472 e. The highest BCUT2D eigenvalue weighted by atomic mass is 31.2. The fourth-order valence-corrected chi connectivity index (χ4v) is 5.64. The summed E-state index contributed by atoms with van der Waals surface area (Å²) in [5.41, 5.74) is 0. The zero-order chi connectivity index (χ0) is 34.4. The maximum absolute atomic E-state index is 12.5. The Kier molecular flexibility index (Phi) is 29.0. The number of ether oxygens (including phenoxy) is 2. The van der Waals surface area contributed by atoms with Gasteiger partial charge in [-0.05, 0) is 32.1 Å². The summed E-state index contributed by atoms with van der Waals surface area (Å²) in [7, 11) is 1.47. The minimum absolute atomic E-state index is 0.0325. The highest BCUT2D eigenvalue weighted by molar-refractivity contribution is 7.47. The van der Waals surface area contributed by atoms with Crippen molar-refractivity contribution >= 4 is 19.8 Å². The van der Waals surface area contributed by atoms with Crippen molar-refractivity contribution in [3.8, 4) is 0 Å². The molecule has 0 radical (unpaired) electrons. The molecule has 0 fully saturated rings. The van der Waals surface area contributed by atoms with Crippen LogP contribution in [0.4, 0.5) is 0 Å². The normalized spacial score (nSPS) is 14.0. The van der Waals surface area contributed by atoms with Crippen molar-refractivity contribution < 1.29 is 42.1 Å². The van der Waals surface area contributed by atoms with Crippen molar-refractivity contribution in [2.45, 2.75) is 161 Å². The predicted octanol–water partition coefficient (Wildman–Crippen LogP) is 9.46. The van der Waals surface area contributed by atoms with Crippen LogP contribution in [0.25, 0.3) is 0 Å². The van der Waals surface area contributed by atoms with E-state index in [4.69, 9.17) is 18.5 Å². The number of allylic oxidation sites excluding steroid dienone is 2. The zero-order valence-corrected chi connectivity index (χ0v) is 31.2. The molecule has 0 bridgehead atoms. The minimum atomic E-state index is -4.36. The Balaban J connectivity index is 4.42. The summed E-state index contributed by atoms with van der Waals surface area (Å²) in [6.07, 6.45) is 27.0. The molecule has 1 unspecified atom stereocenters. The van der Waals surface area contributed by atoms with Gasteiger partial charge in [-0.3, -0.25) is 18.6 Å². The smallest absolute Gasteiger partial charge is 0.462 e. The molecule has 0 aliphatic heterocycles. The lowest BCUT2D eigenvalue weighted by molar-refractivity contribution is -0.870. The van der Waals surface area contributed by atoms with Gasteiger partial charge >= 0.3 is 19.8 Å². The van der Waals surface area contributed by atoms with Crippen LogP contribution >= 0.6 is 7.82 Å². The monoisotopic (exact) mass is 676 g/mol. The van der Waals surface area contributed by atoms with Crippen molar-refractivity contribution in [2.24, 2.45) is 0 Å².